The van der Waals surface area contributed by atoms with Crippen molar-refractivity contribution in [2.45, 2.75) is 6.04 Å². The number of hydrogen-bond donors (Lipinski definition) is 1. The van der Waals surface area contributed by atoms with Crippen molar-refractivity contribution in [1.29, 1.82) is 0 Å². The van der Waals surface area contributed by atoms with Gasteiger partial charge in [-0.05, 0) is 0 Å². The minimum absolute atomic E-state index is 0.282. The molecule has 1 fully saturated rings. The van der Waals surface area contributed by atoms with E-state index in [4.69, 9.17) is 5.11 Å². The van der Waals surface area contributed by atoms with E-state index in [1.165, 1.54) is 0 Å². The van der Waals surface area contributed by atoms with E-state index in [9.17, 15) is 14.4 Å². The van der Waals surface area contributed by atoms with Gasteiger partial charge in [-0.25, -0.2) is 9.59 Å². The van der Waals surface area contributed by atoms with Gasteiger partial charge in [-0.1, -0.05) is 0 Å². The summed E-state index contributed by atoms with van der Waals surface area (Å²) < 4.78 is 8.84. The Morgan fingerprint density at radius 3 is 2.44 bits per heavy atom. The lowest BCUT2D eigenvalue weighted by Gasteiger charge is -1.94. The molecule has 8 nitrogen and oxygen atoms in total. The zero-order chi connectivity index (χ0) is 11.7. The largest absolute Gasteiger partial charge is 0.506 e. The Morgan fingerprint density at radius 2 is 1.94 bits per heavy atom. The molecule has 1 N–H and O–H groups in total. The molecular formula is C8H6N2O6. The maximum Gasteiger partial charge on any atom is 0.362 e. The molecule has 2 rings (SSSR count). The summed E-state index contributed by atoms with van der Waals surface area (Å²) in [5, 5.41) is 15.8. The maximum atomic E-state index is 11.1. The fourth-order valence-electron chi connectivity index (χ4n) is 1.15. The summed E-state index contributed by atoms with van der Waals surface area (Å²) in [5.74, 6) is -2.59. The van der Waals surface area contributed by atoms with Crippen LogP contribution in [0.5, 0.6) is 0 Å². The van der Waals surface area contributed by atoms with Gasteiger partial charge in [0.1, 0.15) is 0 Å². The van der Waals surface area contributed by atoms with E-state index >= 15 is 0 Å². The van der Waals surface area contributed by atoms with Gasteiger partial charge in [0, 0.05) is 0 Å². The van der Waals surface area contributed by atoms with Gasteiger partial charge in [-0.3, -0.25) is 4.79 Å². The van der Waals surface area contributed by atoms with Crippen molar-refractivity contribution in [2.75, 3.05) is 13.2 Å². The molecule has 1 atom stereocenters. The van der Waals surface area contributed by atoms with Gasteiger partial charge in [0.05, 0.1) is 0 Å². The molecule has 0 saturated carbocycles. The molecule has 84 valence electrons. The molecule has 0 bridgehead atoms. The van der Waals surface area contributed by atoms with Crippen molar-refractivity contribution < 1.29 is 29.0 Å². The van der Waals surface area contributed by atoms with Crippen molar-refractivity contribution in [3.8, 4) is 0 Å². The predicted molar refractivity (Wildman–Crippen MR) is 45.2 cm³/mol. The van der Waals surface area contributed by atoms with Crippen LogP contribution in [-0.2, 0) is 23.9 Å². The van der Waals surface area contributed by atoms with Crippen LogP contribution in [0.4, 0.5) is 0 Å². The Bertz CT molecular complexity index is 422. The van der Waals surface area contributed by atoms with E-state index in [1.54, 1.807) is 0 Å². The second kappa shape index (κ2) is 3.72. The smallest absolute Gasteiger partial charge is 0.362 e. The molecule has 2 heterocycles. The van der Waals surface area contributed by atoms with E-state index in [-0.39, 0.29) is 19.0 Å². The molecule has 1 saturated heterocycles. The number of ketones is 1. The topological polar surface area (TPSA) is 115 Å². The first kappa shape index (κ1) is 10.3. The minimum atomic E-state index is -1.35. The highest BCUT2D eigenvalue weighted by molar-refractivity contribution is 6.08. The summed E-state index contributed by atoms with van der Waals surface area (Å²) in [6, 6.07) is -1.35. The van der Waals surface area contributed by atoms with Gasteiger partial charge >= 0.3 is 11.9 Å². The van der Waals surface area contributed by atoms with Crippen LogP contribution in [-0.4, -0.2) is 42.1 Å². The van der Waals surface area contributed by atoms with Crippen LogP contribution in [0.25, 0.3) is 0 Å². The second-order valence-electron chi connectivity index (χ2n) is 3.06. The molecule has 16 heavy (non-hydrogen) atoms. The minimum Gasteiger partial charge on any atom is -0.506 e. The van der Waals surface area contributed by atoms with Crippen molar-refractivity contribution in [3.63, 3.8) is 0 Å². The second-order valence-corrected chi connectivity index (χ2v) is 3.06. The highest BCUT2D eigenvalue weighted by atomic mass is 16.6. The number of aliphatic hydroxyl groups is 1. The van der Waals surface area contributed by atoms with E-state index in [2.05, 4.69) is 19.7 Å². The zero-order valence-electron chi connectivity index (χ0n) is 7.87. The Morgan fingerprint density at radius 1 is 1.19 bits per heavy atom. The fraction of sp³-hybridized carbons (Fsp3) is 0.375. The van der Waals surface area contributed by atoms with Crippen molar-refractivity contribution >= 4 is 17.7 Å². The average Bonchev–Trinajstić information content (AvgIpc) is 2.72. The van der Waals surface area contributed by atoms with Crippen LogP contribution in [0, 0.1) is 0 Å². The molecule has 0 amide bonds. The number of ether oxygens (including phenoxy) is 2. The summed E-state index contributed by atoms with van der Waals surface area (Å²) in [4.78, 5) is 33.0. The van der Waals surface area contributed by atoms with Gasteiger partial charge < -0.3 is 14.6 Å². The number of rotatable bonds is 2. The lowest BCUT2D eigenvalue weighted by molar-refractivity contribution is -0.139. The third-order valence-corrected chi connectivity index (χ3v) is 1.96. The standard InChI is InChI=1S/C8H6N2O6/c11-3-1-15-7(13)5(3)9-10-6-4(12)2-16-8(6)14/h5,12H,1-2H2. The maximum absolute atomic E-state index is 11.1. The number of carbonyl (C=O) groups excluding carboxylic acids is 3. The third kappa shape index (κ3) is 1.64. The average molecular weight is 226 g/mol. The molecule has 0 radical (unpaired) electrons. The highest BCUT2D eigenvalue weighted by Crippen LogP contribution is 2.16. The molecule has 0 aromatic carbocycles. The van der Waals surface area contributed by atoms with E-state index in [0.29, 0.717) is 0 Å². The van der Waals surface area contributed by atoms with Gasteiger partial charge in [-0.2, -0.15) is 5.11 Å². The zero-order valence-corrected chi connectivity index (χ0v) is 7.87. The first-order chi connectivity index (χ1) is 7.59. The van der Waals surface area contributed by atoms with Gasteiger partial charge in [0.2, 0.25) is 17.5 Å². The molecule has 0 aliphatic carbocycles. The molecular weight excluding hydrogens is 220 g/mol. The monoisotopic (exact) mass is 226 g/mol. The SMILES string of the molecule is O=C1OCC(O)=C1N=NC1C(=O)COC1=O. The highest BCUT2D eigenvalue weighted by Gasteiger charge is 2.36. The summed E-state index contributed by atoms with van der Waals surface area (Å²) in [6.45, 7) is -0.631. The van der Waals surface area contributed by atoms with Gasteiger partial charge in [0.15, 0.2) is 19.0 Å². The molecule has 1 unspecified atom stereocenters. The van der Waals surface area contributed by atoms with E-state index < -0.39 is 29.5 Å². The number of carbonyl (C=O) groups is 3. The number of aliphatic hydroxyl groups excluding tert-OH is 1. The van der Waals surface area contributed by atoms with Gasteiger partial charge in [-0.15, -0.1) is 5.11 Å². The summed E-state index contributed by atoms with van der Waals surface area (Å²) in [6.07, 6.45) is 0. The van der Waals surface area contributed by atoms with Crippen LogP contribution in [0.3, 0.4) is 0 Å². The van der Waals surface area contributed by atoms with Gasteiger partial charge in [0.25, 0.3) is 0 Å². The molecule has 2 aliphatic rings. The van der Waals surface area contributed by atoms with Crippen LogP contribution < -0.4 is 0 Å². The Balaban J connectivity index is 2.15. The van der Waals surface area contributed by atoms with Crippen molar-refractivity contribution in [1.82, 2.24) is 0 Å². The molecule has 2 aliphatic heterocycles. The van der Waals surface area contributed by atoms with E-state index in [1.807, 2.05) is 0 Å². The Hall–Kier alpha value is -2.25. The Kier molecular flexibility index (Phi) is 2.39. The lowest BCUT2D eigenvalue weighted by atomic mass is 10.2. The van der Waals surface area contributed by atoms with Crippen molar-refractivity contribution in [3.05, 3.63) is 11.5 Å². The number of Topliss-reactive ketones (excluding diaryl/α,β-unsaturated/α-hetero) is 1. The fourth-order valence-corrected chi connectivity index (χ4v) is 1.15. The quantitative estimate of drug-likeness (QED) is 0.376. The molecule has 0 aromatic rings. The number of hydrogen-bond acceptors (Lipinski definition) is 8. The van der Waals surface area contributed by atoms with Crippen molar-refractivity contribution in [2.24, 2.45) is 10.2 Å². The number of cyclic esters (lactones) is 2. The first-order valence-electron chi connectivity index (χ1n) is 4.29. The van der Waals surface area contributed by atoms with Crippen LogP contribution >= 0.6 is 0 Å². The summed E-state index contributed by atoms with van der Waals surface area (Å²) in [5.41, 5.74) is -0.396. The lowest BCUT2D eigenvalue weighted by Crippen LogP contribution is -2.19. The summed E-state index contributed by atoms with van der Waals surface area (Å²) in [7, 11) is 0. The number of azo groups is 1. The molecule has 0 aromatic heterocycles. The Labute approximate surface area is 88.5 Å². The van der Waals surface area contributed by atoms with Crippen LogP contribution in [0.2, 0.25) is 0 Å². The normalized spacial score (nSPS) is 25.5. The number of esters is 2. The van der Waals surface area contributed by atoms with Crippen LogP contribution in [0.1, 0.15) is 0 Å². The number of nitrogens with zero attached hydrogens (tertiary/aromatic N) is 2. The predicted octanol–water partition coefficient (Wildman–Crippen LogP) is -0.741. The third-order valence-electron chi connectivity index (χ3n) is 1.96. The van der Waals surface area contributed by atoms with Crippen LogP contribution in [0.15, 0.2) is 21.7 Å². The molecule has 0 spiro atoms. The summed E-state index contributed by atoms with van der Waals surface area (Å²) >= 11 is 0. The van der Waals surface area contributed by atoms with E-state index in [0.717, 1.165) is 0 Å². The molecule has 8 heteroatoms. The first-order valence-corrected chi connectivity index (χ1v) is 4.29.